The summed E-state index contributed by atoms with van der Waals surface area (Å²) >= 11 is 0. The first-order chi connectivity index (χ1) is 21.3. The van der Waals surface area contributed by atoms with Gasteiger partial charge in [0, 0.05) is 25.5 Å². The van der Waals surface area contributed by atoms with Crippen LogP contribution in [-0.4, -0.2) is 29.1 Å². The molecule has 0 radical (unpaired) electrons. The molecule has 1 heterocycles. The molecule has 0 spiro atoms. The molecule has 1 aliphatic heterocycles. The zero-order chi connectivity index (χ0) is 30.9. The maximum Gasteiger partial charge on any atom is 0.101 e. The van der Waals surface area contributed by atoms with Gasteiger partial charge in [-0.2, -0.15) is 0 Å². The van der Waals surface area contributed by atoms with E-state index < -0.39 is 0 Å². The van der Waals surface area contributed by atoms with Crippen LogP contribution < -0.4 is 0 Å². The smallest absolute Gasteiger partial charge is 0.101 e. The normalized spacial score (nSPS) is 13.7. The molecule has 0 fully saturated rings. The Balaban J connectivity index is 2.17. The first kappa shape index (κ1) is 40.4. The summed E-state index contributed by atoms with van der Waals surface area (Å²) in [5.41, 5.74) is 0. The van der Waals surface area contributed by atoms with E-state index in [0.29, 0.717) is 6.17 Å². The summed E-state index contributed by atoms with van der Waals surface area (Å²) in [4.78, 5) is 5.43. The standard InChI is InChI=1S/C41H82N2/c1-4-7-10-13-16-19-20-21-22-23-24-25-26-27-30-33-36-41-42(37-34-31-28-17-14-11-8-5-2)39-40-43(41)38-35-32-29-18-15-12-9-6-3/h39-41H,4-38H2,1-3H3. The summed E-state index contributed by atoms with van der Waals surface area (Å²) in [5.74, 6) is 0. The van der Waals surface area contributed by atoms with Gasteiger partial charge in [-0.05, 0) is 25.7 Å². The molecule has 0 saturated heterocycles. The highest BCUT2D eigenvalue weighted by Crippen LogP contribution is 2.24. The Labute approximate surface area is 273 Å². The average molecular weight is 603 g/mol. The van der Waals surface area contributed by atoms with Crippen molar-refractivity contribution in [3.05, 3.63) is 12.4 Å². The van der Waals surface area contributed by atoms with Gasteiger partial charge in [0.1, 0.15) is 6.17 Å². The zero-order valence-corrected chi connectivity index (χ0v) is 30.4. The van der Waals surface area contributed by atoms with Crippen molar-refractivity contribution in [2.24, 2.45) is 0 Å². The van der Waals surface area contributed by atoms with E-state index in [9.17, 15) is 0 Å². The van der Waals surface area contributed by atoms with Crippen LogP contribution in [0.15, 0.2) is 12.4 Å². The predicted molar refractivity (Wildman–Crippen MR) is 196 cm³/mol. The van der Waals surface area contributed by atoms with Crippen molar-refractivity contribution < 1.29 is 0 Å². The van der Waals surface area contributed by atoms with Crippen LogP contribution in [0, 0.1) is 0 Å². The van der Waals surface area contributed by atoms with Crippen LogP contribution in [-0.2, 0) is 0 Å². The summed E-state index contributed by atoms with van der Waals surface area (Å²) < 4.78 is 0. The van der Waals surface area contributed by atoms with E-state index in [1.54, 1.807) is 0 Å². The quantitative estimate of drug-likeness (QED) is 0.0666. The van der Waals surface area contributed by atoms with Crippen LogP contribution in [0.3, 0.4) is 0 Å². The molecule has 0 aromatic rings. The van der Waals surface area contributed by atoms with Gasteiger partial charge in [0.05, 0.1) is 0 Å². The van der Waals surface area contributed by atoms with Crippen molar-refractivity contribution in [1.82, 2.24) is 9.80 Å². The van der Waals surface area contributed by atoms with E-state index >= 15 is 0 Å². The van der Waals surface area contributed by atoms with Crippen LogP contribution in [0.4, 0.5) is 0 Å². The van der Waals surface area contributed by atoms with E-state index in [1.165, 1.54) is 225 Å². The minimum absolute atomic E-state index is 0.640. The lowest BCUT2D eigenvalue weighted by atomic mass is 10.0. The Kier molecular flexibility index (Phi) is 30.7. The molecule has 1 rings (SSSR count). The number of unbranched alkanes of at least 4 members (excludes halogenated alkanes) is 29. The molecule has 0 atom stereocenters. The molecule has 0 aromatic heterocycles. The molecular weight excluding hydrogens is 520 g/mol. The van der Waals surface area contributed by atoms with E-state index in [1.807, 2.05) is 0 Å². The van der Waals surface area contributed by atoms with Gasteiger partial charge in [0.15, 0.2) is 0 Å². The molecule has 256 valence electrons. The Morgan fingerprint density at radius 3 is 0.814 bits per heavy atom. The number of nitrogens with zero attached hydrogens (tertiary/aromatic N) is 2. The van der Waals surface area contributed by atoms with Gasteiger partial charge in [0.2, 0.25) is 0 Å². The Morgan fingerprint density at radius 2 is 0.535 bits per heavy atom. The molecule has 2 heteroatoms. The van der Waals surface area contributed by atoms with Gasteiger partial charge in [-0.15, -0.1) is 0 Å². The lowest BCUT2D eigenvalue weighted by Gasteiger charge is -2.33. The van der Waals surface area contributed by atoms with E-state index in [0.717, 1.165) is 0 Å². The molecule has 0 amide bonds. The third-order valence-corrected chi connectivity index (χ3v) is 10.1. The number of hydrogen-bond donors (Lipinski definition) is 0. The van der Waals surface area contributed by atoms with Gasteiger partial charge < -0.3 is 9.80 Å². The topological polar surface area (TPSA) is 6.48 Å². The largest absolute Gasteiger partial charge is 0.356 e. The van der Waals surface area contributed by atoms with Gasteiger partial charge in [-0.1, -0.05) is 207 Å². The maximum atomic E-state index is 2.72. The highest BCUT2D eigenvalue weighted by Gasteiger charge is 2.24. The Morgan fingerprint density at radius 1 is 0.302 bits per heavy atom. The molecule has 0 N–H and O–H groups in total. The first-order valence-corrected chi connectivity index (χ1v) is 20.5. The summed E-state index contributed by atoms with van der Waals surface area (Å²) in [5, 5.41) is 0. The second kappa shape index (κ2) is 32.7. The van der Waals surface area contributed by atoms with E-state index in [4.69, 9.17) is 0 Å². The van der Waals surface area contributed by atoms with Crippen molar-refractivity contribution in [1.29, 1.82) is 0 Å². The fourth-order valence-electron chi connectivity index (χ4n) is 7.07. The summed E-state index contributed by atoms with van der Waals surface area (Å²) in [6.45, 7) is 9.48. The first-order valence-electron chi connectivity index (χ1n) is 20.5. The molecule has 2 nitrogen and oxygen atoms in total. The van der Waals surface area contributed by atoms with E-state index in [-0.39, 0.29) is 0 Å². The molecule has 0 saturated carbocycles. The SMILES string of the molecule is CCCCCCCCCCCCCCCCCCC1N(CCCCCCCCCC)C=CN1CCCCCCCCCC. The van der Waals surface area contributed by atoms with E-state index in [2.05, 4.69) is 43.0 Å². The van der Waals surface area contributed by atoms with Gasteiger partial charge in [-0.3, -0.25) is 0 Å². The fourth-order valence-corrected chi connectivity index (χ4v) is 7.07. The minimum Gasteiger partial charge on any atom is -0.356 e. The highest BCUT2D eigenvalue weighted by molar-refractivity contribution is 4.97. The average Bonchev–Trinajstić information content (AvgIpc) is 3.40. The molecule has 0 aromatic carbocycles. The number of hydrogen-bond acceptors (Lipinski definition) is 2. The second-order valence-corrected chi connectivity index (χ2v) is 14.3. The third kappa shape index (κ3) is 25.2. The lowest BCUT2D eigenvalue weighted by molar-refractivity contribution is 0.135. The van der Waals surface area contributed by atoms with Crippen LogP contribution in [0.5, 0.6) is 0 Å². The van der Waals surface area contributed by atoms with Crippen molar-refractivity contribution in [2.45, 2.75) is 239 Å². The number of rotatable bonds is 35. The van der Waals surface area contributed by atoms with Gasteiger partial charge >= 0.3 is 0 Å². The minimum atomic E-state index is 0.640. The monoisotopic (exact) mass is 603 g/mol. The zero-order valence-electron chi connectivity index (χ0n) is 30.4. The summed E-state index contributed by atoms with van der Waals surface area (Å²) in [6.07, 6.45) is 52.9. The van der Waals surface area contributed by atoms with Crippen molar-refractivity contribution in [2.75, 3.05) is 13.1 Å². The predicted octanol–water partition coefficient (Wildman–Crippen LogP) is 14.3. The lowest BCUT2D eigenvalue weighted by Crippen LogP contribution is -2.39. The Hall–Kier alpha value is -0.660. The molecule has 0 unspecified atom stereocenters. The fraction of sp³-hybridized carbons (Fsp3) is 0.951. The van der Waals surface area contributed by atoms with Crippen LogP contribution >= 0.6 is 0 Å². The van der Waals surface area contributed by atoms with Crippen molar-refractivity contribution in [3.8, 4) is 0 Å². The molecule has 43 heavy (non-hydrogen) atoms. The molecule has 0 aliphatic carbocycles. The van der Waals surface area contributed by atoms with Crippen molar-refractivity contribution >= 4 is 0 Å². The van der Waals surface area contributed by atoms with Crippen molar-refractivity contribution in [3.63, 3.8) is 0 Å². The summed E-state index contributed by atoms with van der Waals surface area (Å²) in [6, 6.07) is 0. The van der Waals surface area contributed by atoms with Gasteiger partial charge in [-0.25, -0.2) is 0 Å². The summed E-state index contributed by atoms with van der Waals surface area (Å²) in [7, 11) is 0. The maximum absolute atomic E-state index is 2.72. The van der Waals surface area contributed by atoms with Crippen LogP contribution in [0.1, 0.15) is 233 Å². The highest BCUT2D eigenvalue weighted by atomic mass is 15.4. The van der Waals surface area contributed by atoms with Crippen LogP contribution in [0.25, 0.3) is 0 Å². The van der Waals surface area contributed by atoms with Crippen LogP contribution in [0.2, 0.25) is 0 Å². The molecule has 0 bridgehead atoms. The Bertz CT molecular complexity index is 528. The molecular formula is C41H82N2. The molecule has 1 aliphatic rings. The second-order valence-electron chi connectivity index (χ2n) is 14.3. The van der Waals surface area contributed by atoms with Gasteiger partial charge in [0.25, 0.3) is 0 Å². The third-order valence-electron chi connectivity index (χ3n) is 10.1.